The van der Waals surface area contributed by atoms with E-state index in [9.17, 15) is 22.8 Å². The predicted octanol–water partition coefficient (Wildman–Crippen LogP) is 6.25. The van der Waals surface area contributed by atoms with Crippen molar-refractivity contribution in [1.82, 2.24) is 4.90 Å². The summed E-state index contributed by atoms with van der Waals surface area (Å²) in [6, 6.07) is 4.69. The molecule has 4 nitrogen and oxygen atoms in total. The number of hydrogen-bond acceptors (Lipinski definition) is 2. The summed E-state index contributed by atoms with van der Waals surface area (Å²) < 4.78 is 38.6. The molecule has 2 saturated carbocycles. The van der Waals surface area contributed by atoms with Crippen molar-refractivity contribution >= 4 is 17.5 Å². The van der Waals surface area contributed by atoms with Crippen LogP contribution in [-0.4, -0.2) is 23.8 Å². The smallest absolute Gasteiger partial charge is 0.326 e. The SMILES string of the molecule is CN1C(=O)CC[C@@]2(C)C1=CC[C@H]1[C@@H]3CC[C@H](C(=O)Nc4ccc(C(F)(F)F)cc4)[C@@]3(C)CC[C@@H]12. The van der Waals surface area contributed by atoms with Gasteiger partial charge in [0.25, 0.3) is 0 Å². The molecular weight excluding hydrogens is 441 g/mol. The molecule has 1 aromatic rings. The van der Waals surface area contributed by atoms with Gasteiger partial charge >= 0.3 is 6.18 Å². The third-order valence-electron chi connectivity index (χ3n) is 9.81. The van der Waals surface area contributed by atoms with E-state index >= 15 is 0 Å². The molecular formula is C27H33F3N2O2. The number of carbonyl (C=O) groups excluding carboxylic acids is 2. The van der Waals surface area contributed by atoms with Gasteiger partial charge in [0.2, 0.25) is 11.8 Å². The molecule has 6 atom stereocenters. The van der Waals surface area contributed by atoms with E-state index in [4.69, 9.17) is 0 Å². The second kappa shape index (κ2) is 7.85. The second-order valence-electron chi connectivity index (χ2n) is 11.3. The average Bonchev–Trinajstić information content (AvgIpc) is 3.14. The number of fused-ring (bicyclic) bond motifs is 5. The Labute approximate surface area is 199 Å². The lowest BCUT2D eigenvalue weighted by molar-refractivity contribution is -0.138. The topological polar surface area (TPSA) is 49.4 Å². The zero-order chi connectivity index (χ0) is 24.5. The van der Waals surface area contributed by atoms with Crippen molar-refractivity contribution in [1.29, 1.82) is 0 Å². The molecule has 3 aliphatic carbocycles. The van der Waals surface area contributed by atoms with Crippen LogP contribution in [0.15, 0.2) is 36.0 Å². The Morgan fingerprint density at radius 2 is 1.76 bits per heavy atom. The van der Waals surface area contributed by atoms with E-state index in [1.807, 2.05) is 11.9 Å². The van der Waals surface area contributed by atoms with E-state index in [1.165, 1.54) is 17.8 Å². The van der Waals surface area contributed by atoms with Gasteiger partial charge in [-0.25, -0.2) is 0 Å². The van der Waals surface area contributed by atoms with E-state index in [1.54, 1.807) is 0 Å². The number of rotatable bonds is 2. The van der Waals surface area contributed by atoms with Crippen LogP contribution in [0.1, 0.15) is 64.4 Å². The highest BCUT2D eigenvalue weighted by atomic mass is 19.4. The molecule has 4 aliphatic rings. The second-order valence-corrected chi connectivity index (χ2v) is 11.3. The van der Waals surface area contributed by atoms with Gasteiger partial charge in [-0.3, -0.25) is 9.59 Å². The van der Waals surface area contributed by atoms with Crippen LogP contribution in [0.5, 0.6) is 0 Å². The summed E-state index contributed by atoms with van der Waals surface area (Å²) in [5.41, 5.74) is 0.766. The van der Waals surface area contributed by atoms with Crippen LogP contribution in [0.2, 0.25) is 0 Å². The van der Waals surface area contributed by atoms with Crippen LogP contribution in [-0.2, 0) is 15.8 Å². The number of benzene rings is 1. The fourth-order valence-electron chi connectivity index (χ4n) is 7.98. The fourth-order valence-corrected chi connectivity index (χ4v) is 7.98. The van der Waals surface area contributed by atoms with Crippen LogP contribution in [0, 0.1) is 34.5 Å². The van der Waals surface area contributed by atoms with Gasteiger partial charge in [0.15, 0.2) is 0 Å². The molecule has 2 amide bonds. The molecule has 1 heterocycles. The number of amides is 2. The first-order valence-corrected chi connectivity index (χ1v) is 12.4. The van der Waals surface area contributed by atoms with Gasteiger partial charge in [0, 0.05) is 36.2 Å². The van der Waals surface area contributed by atoms with Gasteiger partial charge in [0.05, 0.1) is 5.56 Å². The molecule has 0 bridgehead atoms. The van der Waals surface area contributed by atoms with Gasteiger partial charge < -0.3 is 10.2 Å². The summed E-state index contributed by atoms with van der Waals surface area (Å²) in [4.78, 5) is 27.5. The zero-order valence-corrected chi connectivity index (χ0v) is 20.0. The number of allylic oxidation sites excluding steroid dienone is 2. The third-order valence-corrected chi connectivity index (χ3v) is 9.81. The van der Waals surface area contributed by atoms with Crippen LogP contribution >= 0.6 is 0 Å². The van der Waals surface area contributed by atoms with Gasteiger partial charge in [-0.05, 0) is 86.0 Å². The quantitative estimate of drug-likeness (QED) is 0.551. The molecule has 5 rings (SSSR count). The molecule has 0 spiro atoms. The maximum absolute atomic E-state index is 13.3. The number of halogens is 3. The summed E-state index contributed by atoms with van der Waals surface area (Å²) in [6.45, 7) is 4.57. The standard InChI is InChI=1S/C27H33F3N2O2/c1-25-14-12-20-18(8-11-22-26(20,2)15-13-23(33)32(22)3)19(25)9-10-21(25)24(34)31-17-6-4-16(5-7-17)27(28,29)30/h4-7,11,18-21H,8-10,12-15H2,1-3H3,(H,31,34)/t18-,19-,20-,21+,25-,26+/m0/s1. The van der Waals surface area contributed by atoms with Crippen LogP contribution in [0.25, 0.3) is 0 Å². The Morgan fingerprint density at radius 1 is 1.06 bits per heavy atom. The Kier molecular flexibility index (Phi) is 5.41. The van der Waals surface area contributed by atoms with Crippen molar-refractivity contribution in [2.45, 2.75) is 65.0 Å². The van der Waals surface area contributed by atoms with Crippen molar-refractivity contribution in [3.8, 4) is 0 Å². The van der Waals surface area contributed by atoms with E-state index in [0.29, 0.717) is 29.9 Å². The molecule has 1 N–H and O–H groups in total. The normalized spacial score (nSPS) is 37.4. The first kappa shape index (κ1) is 23.4. The zero-order valence-electron chi connectivity index (χ0n) is 20.0. The molecule has 1 aliphatic heterocycles. The number of nitrogens with zero attached hydrogens (tertiary/aromatic N) is 1. The highest BCUT2D eigenvalue weighted by Crippen LogP contribution is 2.66. The van der Waals surface area contributed by atoms with Gasteiger partial charge in [-0.1, -0.05) is 19.9 Å². The molecule has 0 aromatic heterocycles. The first-order valence-electron chi connectivity index (χ1n) is 12.4. The molecule has 34 heavy (non-hydrogen) atoms. The number of nitrogens with one attached hydrogen (secondary N) is 1. The maximum atomic E-state index is 13.3. The maximum Gasteiger partial charge on any atom is 0.416 e. The van der Waals surface area contributed by atoms with E-state index in [0.717, 1.165) is 50.7 Å². The summed E-state index contributed by atoms with van der Waals surface area (Å²) in [5, 5.41) is 2.89. The molecule has 184 valence electrons. The van der Waals surface area contributed by atoms with Crippen molar-refractivity contribution in [3.63, 3.8) is 0 Å². The number of carbonyl (C=O) groups is 2. The van der Waals surface area contributed by atoms with Crippen molar-refractivity contribution in [2.24, 2.45) is 34.5 Å². The van der Waals surface area contributed by atoms with Crippen molar-refractivity contribution < 1.29 is 22.8 Å². The minimum absolute atomic E-state index is 0.00742. The number of likely N-dealkylation sites (tertiary alicyclic amines) is 1. The minimum atomic E-state index is -4.39. The largest absolute Gasteiger partial charge is 0.416 e. The van der Waals surface area contributed by atoms with Gasteiger partial charge in [-0.2, -0.15) is 13.2 Å². The Morgan fingerprint density at radius 3 is 2.44 bits per heavy atom. The minimum Gasteiger partial charge on any atom is -0.326 e. The summed E-state index contributed by atoms with van der Waals surface area (Å²) in [5.74, 6) is 1.42. The van der Waals surface area contributed by atoms with E-state index in [-0.39, 0.29) is 28.6 Å². The molecule has 1 saturated heterocycles. The Bertz CT molecular complexity index is 1030. The number of anilines is 1. The lowest BCUT2D eigenvalue weighted by Gasteiger charge is -2.58. The highest BCUT2D eigenvalue weighted by molar-refractivity contribution is 5.93. The summed E-state index contributed by atoms with van der Waals surface area (Å²) >= 11 is 0. The predicted molar refractivity (Wildman–Crippen MR) is 123 cm³/mol. The molecule has 1 aromatic carbocycles. The third kappa shape index (κ3) is 3.49. The lowest BCUT2D eigenvalue weighted by Crippen LogP contribution is -2.54. The van der Waals surface area contributed by atoms with Gasteiger partial charge in [-0.15, -0.1) is 0 Å². The van der Waals surface area contributed by atoms with E-state index < -0.39 is 11.7 Å². The molecule has 0 radical (unpaired) electrons. The molecule has 7 heteroatoms. The average molecular weight is 475 g/mol. The summed E-state index contributed by atoms with van der Waals surface area (Å²) in [6.07, 6.45) is 4.12. The van der Waals surface area contributed by atoms with Crippen LogP contribution < -0.4 is 5.32 Å². The van der Waals surface area contributed by atoms with Crippen LogP contribution in [0.4, 0.5) is 18.9 Å². The van der Waals surface area contributed by atoms with Crippen LogP contribution in [0.3, 0.4) is 0 Å². The van der Waals surface area contributed by atoms with Crippen molar-refractivity contribution in [3.05, 3.63) is 41.6 Å². The number of hydrogen-bond donors (Lipinski definition) is 1. The number of piperidine rings is 1. The number of alkyl halides is 3. The summed E-state index contributed by atoms with van der Waals surface area (Å²) in [7, 11) is 1.90. The van der Waals surface area contributed by atoms with Gasteiger partial charge in [0.1, 0.15) is 0 Å². The molecule has 0 unspecified atom stereocenters. The lowest BCUT2D eigenvalue weighted by atomic mass is 9.49. The first-order chi connectivity index (χ1) is 15.9. The highest BCUT2D eigenvalue weighted by Gasteiger charge is 2.60. The monoisotopic (exact) mass is 474 g/mol. The fraction of sp³-hybridized carbons (Fsp3) is 0.630. The Hall–Kier alpha value is -2.31. The molecule has 3 fully saturated rings. The Balaban J connectivity index is 1.34. The van der Waals surface area contributed by atoms with Crippen molar-refractivity contribution in [2.75, 3.05) is 12.4 Å². The van der Waals surface area contributed by atoms with E-state index in [2.05, 4.69) is 25.2 Å².